The van der Waals surface area contributed by atoms with Gasteiger partial charge in [-0.05, 0) is 23.3 Å². The fourth-order valence-corrected chi connectivity index (χ4v) is 5.00. The van der Waals surface area contributed by atoms with Gasteiger partial charge in [0.1, 0.15) is 30.5 Å². The highest BCUT2D eigenvalue weighted by Crippen LogP contribution is 2.32. The Hall–Kier alpha value is -3.69. The molecule has 1 aromatic heterocycles. The fraction of sp³-hybridized carbons (Fsp3) is 0.393. The third-order valence-electron chi connectivity index (χ3n) is 7.23. The molecular formula is C28H32N4O9. The number of benzene rings is 2. The van der Waals surface area contributed by atoms with Crippen LogP contribution in [0.15, 0.2) is 76.4 Å². The van der Waals surface area contributed by atoms with Crippen molar-refractivity contribution < 1.29 is 34.3 Å². The van der Waals surface area contributed by atoms with Gasteiger partial charge in [0.2, 0.25) is 0 Å². The van der Waals surface area contributed by atoms with Crippen LogP contribution < -0.4 is 22.3 Å². The second kappa shape index (κ2) is 12.4. The number of nitrogens with zero attached hydrogens (tertiary/aromatic N) is 1. The summed E-state index contributed by atoms with van der Waals surface area (Å²) in [7, 11) is 0. The van der Waals surface area contributed by atoms with E-state index in [1.54, 1.807) is 12.1 Å². The van der Waals surface area contributed by atoms with Crippen molar-refractivity contribution in [1.82, 2.24) is 14.9 Å². The van der Waals surface area contributed by atoms with Gasteiger partial charge in [-0.25, -0.2) is 4.79 Å². The van der Waals surface area contributed by atoms with E-state index in [1.807, 2.05) is 42.5 Å². The van der Waals surface area contributed by atoms with Gasteiger partial charge in [0.15, 0.2) is 12.5 Å². The molecule has 0 aliphatic carbocycles. The van der Waals surface area contributed by atoms with E-state index in [9.17, 15) is 29.7 Å². The van der Waals surface area contributed by atoms with Crippen molar-refractivity contribution >= 4 is 5.91 Å². The molecule has 0 bridgehead atoms. The minimum absolute atomic E-state index is 0.00573. The summed E-state index contributed by atoms with van der Waals surface area (Å²) >= 11 is 0. The molecule has 218 valence electrons. The lowest BCUT2D eigenvalue weighted by molar-refractivity contribution is -0.212. The van der Waals surface area contributed by atoms with Gasteiger partial charge in [-0.2, -0.15) is 0 Å². The van der Waals surface area contributed by atoms with Crippen LogP contribution in [0.4, 0.5) is 0 Å². The molecule has 13 heteroatoms. The first-order valence-electron chi connectivity index (χ1n) is 13.2. The number of nitrogens with two attached hydrogens (primary N) is 1. The van der Waals surface area contributed by atoms with Crippen molar-refractivity contribution in [2.24, 2.45) is 5.73 Å². The zero-order valence-corrected chi connectivity index (χ0v) is 21.9. The monoisotopic (exact) mass is 568 g/mol. The predicted octanol–water partition coefficient (Wildman–Crippen LogP) is -0.927. The average molecular weight is 569 g/mol. The molecule has 5 rings (SSSR count). The number of nitrogens with one attached hydrogen (secondary N) is 2. The number of H-pyrrole nitrogens is 1. The first-order chi connectivity index (χ1) is 19.7. The lowest BCUT2D eigenvalue weighted by Crippen LogP contribution is -2.45. The van der Waals surface area contributed by atoms with Crippen molar-refractivity contribution in [3.8, 4) is 11.1 Å². The molecule has 0 unspecified atom stereocenters. The highest BCUT2D eigenvalue weighted by atomic mass is 16.7. The van der Waals surface area contributed by atoms with Crippen LogP contribution in [0.2, 0.25) is 0 Å². The van der Waals surface area contributed by atoms with E-state index in [0.29, 0.717) is 5.56 Å². The Bertz CT molecular complexity index is 1450. The van der Waals surface area contributed by atoms with Crippen LogP contribution in [0.25, 0.3) is 11.1 Å². The molecular weight excluding hydrogens is 536 g/mol. The van der Waals surface area contributed by atoms with Crippen LogP contribution in [-0.2, 0) is 14.2 Å². The van der Waals surface area contributed by atoms with Gasteiger partial charge in [0, 0.05) is 37.3 Å². The molecule has 0 saturated carbocycles. The van der Waals surface area contributed by atoms with Gasteiger partial charge >= 0.3 is 5.69 Å². The van der Waals surface area contributed by atoms with Gasteiger partial charge in [0.25, 0.3) is 11.5 Å². The van der Waals surface area contributed by atoms with Gasteiger partial charge in [-0.1, -0.05) is 42.5 Å². The van der Waals surface area contributed by atoms with Gasteiger partial charge in [-0.3, -0.25) is 19.1 Å². The van der Waals surface area contributed by atoms with E-state index in [4.69, 9.17) is 19.9 Å². The van der Waals surface area contributed by atoms with Gasteiger partial charge < -0.3 is 40.6 Å². The molecule has 2 aliphatic rings. The average Bonchev–Trinajstić information content (AvgIpc) is 3.49. The number of carbonyl (C=O) groups excluding carboxylic acids is 1. The molecule has 0 spiro atoms. The molecule has 1 amide bonds. The fourth-order valence-electron chi connectivity index (χ4n) is 5.00. The highest BCUT2D eigenvalue weighted by molar-refractivity contribution is 5.94. The van der Waals surface area contributed by atoms with Gasteiger partial charge in [-0.15, -0.1) is 0 Å². The second-order valence-corrected chi connectivity index (χ2v) is 9.97. The number of ether oxygens (including phenoxy) is 3. The van der Waals surface area contributed by atoms with E-state index in [2.05, 4.69) is 10.3 Å². The molecule has 7 N–H and O–H groups in total. The maximum atomic E-state index is 13.0. The molecule has 8 atom stereocenters. The first-order valence-corrected chi connectivity index (χ1v) is 13.2. The Morgan fingerprint density at radius 1 is 1.02 bits per heavy atom. The summed E-state index contributed by atoms with van der Waals surface area (Å²) in [6, 6.07) is 17.9. The second-order valence-electron chi connectivity index (χ2n) is 9.97. The van der Waals surface area contributed by atoms with E-state index in [1.165, 1.54) is 6.20 Å². The molecule has 0 radical (unpaired) electrons. The summed E-state index contributed by atoms with van der Waals surface area (Å²) in [4.78, 5) is 38.9. The number of amides is 1. The molecule has 2 fully saturated rings. The summed E-state index contributed by atoms with van der Waals surface area (Å²) < 4.78 is 18.5. The topological polar surface area (TPSA) is 198 Å². The third kappa shape index (κ3) is 6.31. The van der Waals surface area contributed by atoms with Crippen LogP contribution in [0.1, 0.15) is 23.0 Å². The molecule has 2 saturated heterocycles. The Kier molecular flexibility index (Phi) is 8.75. The van der Waals surface area contributed by atoms with Crippen molar-refractivity contribution in [3.05, 3.63) is 93.3 Å². The maximum Gasteiger partial charge on any atom is 0.330 e. The highest BCUT2D eigenvalue weighted by Gasteiger charge is 2.47. The number of aliphatic hydroxyl groups excluding tert-OH is 3. The van der Waals surface area contributed by atoms with E-state index < -0.39 is 66.3 Å². The number of rotatable bonds is 9. The van der Waals surface area contributed by atoms with Crippen LogP contribution in [0.3, 0.4) is 0 Å². The standard InChI is InChI=1S/C28H32N4O9/c29-13-20-23(35)24(36)27(40-20)41-21(19-12-18(33)26(39-19)32-11-10-22(34)31-28(32)38)14-30-25(37)17-8-6-16(7-9-17)15-4-2-1-3-5-15/h1-11,18-21,23-24,26-27,33,35-36H,12-14,29H2,(H,30,37)(H,31,34,38)/t18-,19+,20-,21+,23-,24-,26-,27+/m1/s1. The van der Waals surface area contributed by atoms with Crippen molar-refractivity contribution in [2.75, 3.05) is 13.1 Å². The summed E-state index contributed by atoms with van der Waals surface area (Å²) in [5.74, 6) is -0.405. The number of hydrogen-bond acceptors (Lipinski definition) is 10. The molecule has 3 aromatic rings. The van der Waals surface area contributed by atoms with E-state index >= 15 is 0 Å². The predicted molar refractivity (Wildman–Crippen MR) is 145 cm³/mol. The number of hydrogen-bond donors (Lipinski definition) is 6. The first kappa shape index (κ1) is 28.8. The number of aromatic amines is 1. The Morgan fingerprint density at radius 3 is 2.39 bits per heavy atom. The van der Waals surface area contributed by atoms with Crippen LogP contribution in [0.5, 0.6) is 0 Å². The molecule has 13 nitrogen and oxygen atoms in total. The largest absolute Gasteiger partial charge is 0.388 e. The van der Waals surface area contributed by atoms with Crippen molar-refractivity contribution in [2.45, 2.75) is 55.6 Å². The number of aliphatic hydroxyl groups is 3. The summed E-state index contributed by atoms with van der Waals surface area (Å²) in [5, 5.41) is 34.2. The maximum absolute atomic E-state index is 13.0. The lowest BCUT2D eigenvalue weighted by Gasteiger charge is -2.28. The Balaban J connectivity index is 1.31. The van der Waals surface area contributed by atoms with E-state index in [0.717, 1.165) is 21.8 Å². The van der Waals surface area contributed by atoms with Crippen LogP contribution >= 0.6 is 0 Å². The van der Waals surface area contributed by atoms with Crippen LogP contribution in [-0.4, -0.2) is 86.8 Å². The SMILES string of the molecule is NC[C@H]1O[C@@H](O[C@@H](CNC(=O)c2ccc(-c3ccccc3)cc2)[C@@H]2C[C@@H](O)[C@H](n3ccc(=O)[nH]c3=O)O2)[C@H](O)[C@@H]1O. The van der Waals surface area contributed by atoms with Gasteiger partial charge in [0.05, 0.1) is 6.10 Å². The minimum Gasteiger partial charge on any atom is -0.388 e. The van der Waals surface area contributed by atoms with Crippen molar-refractivity contribution in [3.63, 3.8) is 0 Å². The summed E-state index contributed by atoms with van der Waals surface area (Å²) in [6.07, 6.45) is -7.82. The Labute approximate surface area is 234 Å². The normalized spacial score (nSPS) is 28.4. The van der Waals surface area contributed by atoms with Crippen LogP contribution in [0, 0.1) is 0 Å². The lowest BCUT2D eigenvalue weighted by atomic mass is 10.0. The quantitative estimate of drug-likeness (QED) is 0.188. The smallest absolute Gasteiger partial charge is 0.330 e. The summed E-state index contributed by atoms with van der Waals surface area (Å²) in [6.45, 7) is -0.186. The molecule has 3 heterocycles. The third-order valence-corrected chi connectivity index (χ3v) is 7.23. The van der Waals surface area contributed by atoms with E-state index in [-0.39, 0.29) is 19.5 Å². The molecule has 41 heavy (non-hydrogen) atoms. The number of carbonyl (C=O) groups is 1. The molecule has 2 aliphatic heterocycles. The minimum atomic E-state index is -1.42. The molecule has 2 aromatic carbocycles. The zero-order valence-electron chi connectivity index (χ0n) is 21.9. The Morgan fingerprint density at radius 2 is 1.73 bits per heavy atom. The zero-order chi connectivity index (χ0) is 29.1. The number of aromatic nitrogens is 2. The van der Waals surface area contributed by atoms with Crippen molar-refractivity contribution in [1.29, 1.82) is 0 Å². The summed E-state index contributed by atoms with van der Waals surface area (Å²) in [5.41, 5.74) is 6.59.